The number of hydrogen-bond acceptors (Lipinski definition) is 5. The van der Waals surface area contributed by atoms with Crippen LogP contribution < -0.4 is 14.2 Å². The maximum absolute atomic E-state index is 12.3. The lowest BCUT2D eigenvalue weighted by molar-refractivity contribution is 0.0729. The molecular weight excluding hydrogens is 320 g/mol. The van der Waals surface area contributed by atoms with Gasteiger partial charge in [-0.05, 0) is 48.9 Å². The molecule has 0 spiro atoms. The van der Waals surface area contributed by atoms with Crippen molar-refractivity contribution in [3.05, 3.63) is 53.6 Å². The summed E-state index contributed by atoms with van der Waals surface area (Å²) in [5.74, 6) is 0.807. The summed E-state index contributed by atoms with van der Waals surface area (Å²) in [6.07, 6.45) is 3.99. The van der Waals surface area contributed by atoms with Crippen LogP contribution in [0.1, 0.15) is 46.9 Å². The summed E-state index contributed by atoms with van der Waals surface area (Å²) in [4.78, 5) is 23.1. The van der Waals surface area contributed by atoms with E-state index >= 15 is 0 Å². The fourth-order valence-corrected chi connectivity index (χ4v) is 2.23. The number of carbonyl (C=O) groups excluding carboxylic acids is 2. The third-order valence-corrected chi connectivity index (χ3v) is 3.63. The molecule has 132 valence electrons. The van der Waals surface area contributed by atoms with Gasteiger partial charge in [0.15, 0.2) is 11.5 Å². The quantitative estimate of drug-likeness (QED) is 0.294. The van der Waals surface area contributed by atoms with E-state index in [1.165, 1.54) is 19.2 Å². The molecule has 0 unspecified atom stereocenters. The van der Waals surface area contributed by atoms with Crippen LogP contribution in [0.5, 0.6) is 17.2 Å². The second kappa shape index (κ2) is 9.47. The van der Waals surface area contributed by atoms with Crippen molar-refractivity contribution in [1.82, 2.24) is 0 Å². The van der Waals surface area contributed by atoms with E-state index in [-0.39, 0.29) is 5.75 Å². The zero-order valence-corrected chi connectivity index (χ0v) is 14.5. The van der Waals surface area contributed by atoms with E-state index in [9.17, 15) is 9.59 Å². The SMILES string of the molecule is CCCCCOc1ccc(C(=O)Oc2ccc(C=O)cc2OC)cc1. The Morgan fingerprint density at radius 2 is 1.80 bits per heavy atom. The van der Waals surface area contributed by atoms with Gasteiger partial charge in [0, 0.05) is 5.56 Å². The largest absolute Gasteiger partial charge is 0.494 e. The van der Waals surface area contributed by atoms with Crippen LogP contribution in [-0.2, 0) is 0 Å². The van der Waals surface area contributed by atoms with Gasteiger partial charge < -0.3 is 14.2 Å². The Kier molecular flexibility index (Phi) is 7.01. The first-order valence-electron chi connectivity index (χ1n) is 8.26. The third-order valence-electron chi connectivity index (χ3n) is 3.63. The molecule has 0 atom stereocenters. The molecule has 0 aliphatic rings. The average molecular weight is 342 g/mol. The standard InChI is InChI=1S/C20H22O5/c1-3-4-5-12-24-17-9-7-16(8-10-17)20(22)25-18-11-6-15(14-21)13-19(18)23-2/h6-11,13-14H,3-5,12H2,1-2H3. The molecule has 0 aliphatic heterocycles. The zero-order chi connectivity index (χ0) is 18.1. The van der Waals surface area contributed by atoms with Crippen molar-refractivity contribution in [1.29, 1.82) is 0 Å². The summed E-state index contributed by atoms with van der Waals surface area (Å²) in [6.45, 7) is 2.81. The molecule has 0 aromatic heterocycles. The number of aldehydes is 1. The summed E-state index contributed by atoms with van der Waals surface area (Å²) in [5.41, 5.74) is 0.851. The number of benzene rings is 2. The number of hydrogen-bond donors (Lipinski definition) is 0. The van der Waals surface area contributed by atoms with Crippen molar-refractivity contribution in [3.8, 4) is 17.2 Å². The predicted molar refractivity (Wildman–Crippen MR) is 94.8 cm³/mol. The first-order valence-corrected chi connectivity index (χ1v) is 8.26. The van der Waals surface area contributed by atoms with Gasteiger partial charge in [0.1, 0.15) is 12.0 Å². The van der Waals surface area contributed by atoms with E-state index in [0.29, 0.717) is 29.8 Å². The summed E-state index contributed by atoms with van der Waals surface area (Å²) in [6, 6.07) is 11.4. The third kappa shape index (κ3) is 5.35. The van der Waals surface area contributed by atoms with Crippen LogP contribution in [0.3, 0.4) is 0 Å². The number of unbranched alkanes of at least 4 members (excludes halogenated alkanes) is 2. The summed E-state index contributed by atoms with van der Waals surface area (Å²) >= 11 is 0. The second-order valence-corrected chi connectivity index (χ2v) is 5.50. The van der Waals surface area contributed by atoms with Gasteiger partial charge in [0.05, 0.1) is 19.3 Å². The number of carbonyl (C=O) groups is 2. The van der Waals surface area contributed by atoms with E-state index in [0.717, 1.165) is 25.0 Å². The summed E-state index contributed by atoms with van der Waals surface area (Å²) in [7, 11) is 1.45. The van der Waals surface area contributed by atoms with Gasteiger partial charge in [-0.1, -0.05) is 19.8 Å². The highest BCUT2D eigenvalue weighted by Crippen LogP contribution is 2.28. The molecule has 2 aromatic carbocycles. The Balaban J connectivity index is 2.00. The molecule has 2 aromatic rings. The first-order chi connectivity index (χ1) is 12.2. The van der Waals surface area contributed by atoms with Gasteiger partial charge in [0.25, 0.3) is 0 Å². The van der Waals surface area contributed by atoms with Crippen LogP contribution in [0.4, 0.5) is 0 Å². The Hall–Kier alpha value is -2.82. The lowest BCUT2D eigenvalue weighted by Gasteiger charge is -2.10. The topological polar surface area (TPSA) is 61.8 Å². The molecular formula is C20H22O5. The minimum Gasteiger partial charge on any atom is -0.494 e. The number of methoxy groups -OCH3 is 1. The van der Waals surface area contributed by atoms with Crippen molar-refractivity contribution in [3.63, 3.8) is 0 Å². The van der Waals surface area contributed by atoms with Gasteiger partial charge in [0.2, 0.25) is 0 Å². The second-order valence-electron chi connectivity index (χ2n) is 5.50. The van der Waals surface area contributed by atoms with Crippen LogP contribution >= 0.6 is 0 Å². The van der Waals surface area contributed by atoms with Crippen LogP contribution in [-0.4, -0.2) is 26.0 Å². The maximum atomic E-state index is 12.3. The minimum absolute atomic E-state index is 0.262. The van der Waals surface area contributed by atoms with Crippen LogP contribution in [0.2, 0.25) is 0 Å². The molecule has 0 saturated carbocycles. The van der Waals surface area contributed by atoms with Gasteiger partial charge >= 0.3 is 5.97 Å². The molecule has 25 heavy (non-hydrogen) atoms. The smallest absolute Gasteiger partial charge is 0.343 e. The van der Waals surface area contributed by atoms with Crippen molar-refractivity contribution in [2.24, 2.45) is 0 Å². The first kappa shape index (κ1) is 18.5. The molecule has 0 N–H and O–H groups in total. The van der Waals surface area contributed by atoms with Crippen LogP contribution in [0, 0.1) is 0 Å². The van der Waals surface area contributed by atoms with Gasteiger partial charge in [-0.2, -0.15) is 0 Å². The van der Waals surface area contributed by atoms with Gasteiger partial charge in [-0.15, -0.1) is 0 Å². The zero-order valence-electron chi connectivity index (χ0n) is 14.5. The monoisotopic (exact) mass is 342 g/mol. The molecule has 5 heteroatoms. The molecule has 0 aliphatic carbocycles. The van der Waals surface area contributed by atoms with E-state index < -0.39 is 5.97 Å². The summed E-state index contributed by atoms with van der Waals surface area (Å²) in [5, 5.41) is 0. The van der Waals surface area contributed by atoms with Crippen molar-refractivity contribution in [2.75, 3.05) is 13.7 Å². The van der Waals surface area contributed by atoms with Crippen molar-refractivity contribution < 1.29 is 23.8 Å². The molecule has 0 bridgehead atoms. The Morgan fingerprint density at radius 3 is 2.44 bits per heavy atom. The minimum atomic E-state index is -0.505. The highest BCUT2D eigenvalue weighted by atomic mass is 16.6. The molecule has 5 nitrogen and oxygen atoms in total. The molecule has 0 amide bonds. The lowest BCUT2D eigenvalue weighted by atomic mass is 10.2. The lowest BCUT2D eigenvalue weighted by Crippen LogP contribution is -2.09. The molecule has 0 fully saturated rings. The van der Waals surface area contributed by atoms with Crippen LogP contribution in [0.25, 0.3) is 0 Å². The summed E-state index contributed by atoms with van der Waals surface area (Å²) < 4.78 is 16.1. The fourth-order valence-electron chi connectivity index (χ4n) is 2.23. The van der Waals surface area contributed by atoms with E-state index in [1.54, 1.807) is 30.3 Å². The van der Waals surface area contributed by atoms with E-state index in [1.807, 2.05) is 0 Å². The highest BCUT2D eigenvalue weighted by Gasteiger charge is 2.13. The predicted octanol–water partition coefficient (Wildman–Crippen LogP) is 4.30. The van der Waals surface area contributed by atoms with Crippen molar-refractivity contribution in [2.45, 2.75) is 26.2 Å². The van der Waals surface area contributed by atoms with Gasteiger partial charge in [-0.3, -0.25) is 4.79 Å². The van der Waals surface area contributed by atoms with Crippen molar-refractivity contribution >= 4 is 12.3 Å². The molecule has 0 saturated heterocycles. The average Bonchev–Trinajstić information content (AvgIpc) is 2.66. The Labute approximate surface area is 147 Å². The maximum Gasteiger partial charge on any atom is 0.343 e. The number of rotatable bonds is 9. The number of esters is 1. The molecule has 0 radical (unpaired) electrons. The normalized spacial score (nSPS) is 10.2. The fraction of sp³-hybridized carbons (Fsp3) is 0.300. The van der Waals surface area contributed by atoms with Crippen LogP contribution in [0.15, 0.2) is 42.5 Å². The Morgan fingerprint density at radius 1 is 1.04 bits per heavy atom. The highest BCUT2D eigenvalue weighted by molar-refractivity contribution is 5.91. The Bertz CT molecular complexity index is 707. The van der Waals surface area contributed by atoms with E-state index in [4.69, 9.17) is 14.2 Å². The van der Waals surface area contributed by atoms with Gasteiger partial charge in [-0.25, -0.2) is 4.79 Å². The molecule has 2 rings (SSSR count). The molecule has 0 heterocycles. The van der Waals surface area contributed by atoms with E-state index in [2.05, 4.69) is 6.92 Å². The number of ether oxygens (including phenoxy) is 3.